The first-order valence-electron chi connectivity index (χ1n) is 9.97. The number of ether oxygens (including phenoxy) is 1. The fraction of sp³-hybridized carbons (Fsp3) is 0.261. The van der Waals surface area contributed by atoms with E-state index in [2.05, 4.69) is 11.1 Å². The highest BCUT2D eigenvalue weighted by Crippen LogP contribution is 2.24. The Balaban J connectivity index is 1.34. The molecule has 31 heavy (non-hydrogen) atoms. The molecule has 8 heteroatoms. The molecule has 7 nitrogen and oxygen atoms in total. The van der Waals surface area contributed by atoms with Gasteiger partial charge in [-0.1, -0.05) is 18.2 Å². The molecule has 1 aliphatic heterocycles. The summed E-state index contributed by atoms with van der Waals surface area (Å²) >= 11 is 1.61. The van der Waals surface area contributed by atoms with Crippen molar-refractivity contribution in [3.8, 4) is 11.8 Å². The Morgan fingerprint density at radius 2 is 2.10 bits per heavy atom. The number of benzene rings is 1. The number of carbonyl (C=O) groups excluding carboxylic acids is 1. The van der Waals surface area contributed by atoms with Crippen LogP contribution in [0.15, 0.2) is 46.2 Å². The van der Waals surface area contributed by atoms with Crippen molar-refractivity contribution in [1.82, 2.24) is 9.88 Å². The van der Waals surface area contributed by atoms with E-state index in [4.69, 9.17) is 9.15 Å². The van der Waals surface area contributed by atoms with E-state index in [0.717, 1.165) is 10.4 Å². The van der Waals surface area contributed by atoms with Gasteiger partial charge in [-0.2, -0.15) is 10.2 Å². The van der Waals surface area contributed by atoms with E-state index >= 15 is 0 Å². The Morgan fingerprint density at radius 1 is 1.26 bits per heavy atom. The summed E-state index contributed by atoms with van der Waals surface area (Å²) in [6, 6.07) is 13.7. The van der Waals surface area contributed by atoms with Gasteiger partial charge in [0, 0.05) is 37.1 Å². The van der Waals surface area contributed by atoms with E-state index in [1.807, 2.05) is 59.7 Å². The average molecular weight is 435 g/mol. The molecule has 1 saturated heterocycles. The Bertz CT molecular complexity index is 1110. The van der Waals surface area contributed by atoms with Gasteiger partial charge in [-0.15, -0.1) is 11.3 Å². The van der Waals surface area contributed by atoms with Crippen molar-refractivity contribution in [2.24, 2.45) is 0 Å². The molecule has 3 aromatic rings. The Kier molecular flexibility index (Phi) is 6.34. The number of anilines is 1. The van der Waals surface area contributed by atoms with E-state index in [9.17, 15) is 10.1 Å². The number of oxazole rings is 1. The lowest BCUT2D eigenvalue weighted by Gasteiger charge is -2.34. The summed E-state index contributed by atoms with van der Waals surface area (Å²) in [5.41, 5.74) is 1.34. The largest absolute Gasteiger partial charge is 0.484 e. The number of nitrogens with zero attached hydrogens (tertiary/aromatic N) is 4. The number of aryl methyl sites for hydroxylation is 1. The van der Waals surface area contributed by atoms with Crippen LogP contribution in [0.25, 0.3) is 12.2 Å². The van der Waals surface area contributed by atoms with Crippen molar-refractivity contribution in [1.29, 1.82) is 5.26 Å². The molecule has 1 amide bonds. The molecule has 0 aliphatic carbocycles. The summed E-state index contributed by atoms with van der Waals surface area (Å²) in [7, 11) is 0. The van der Waals surface area contributed by atoms with Gasteiger partial charge >= 0.3 is 0 Å². The van der Waals surface area contributed by atoms with Gasteiger partial charge in [0.1, 0.15) is 11.8 Å². The second-order valence-corrected chi connectivity index (χ2v) is 8.12. The number of piperazine rings is 1. The predicted octanol–water partition coefficient (Wildman–Crippen LogP) is 3.81. The smallest absolute Gasteiger partial charge is 0.260 e. The zero-order valence-electron chi connectivity index (χ0n) is 17.2. The van der Waals surface area contributed by atoms with Crippen LogP contribution in [0.3, 0.4) is 0 Å². The van der Waals surface area contributed by atoms with Gasteiger partial charge in [-0.3, -0.25) is 4.79 Å². The molecule has 0 bridgehead atoms. The minimum atomic E-state index is -0.0567. The summed E-state index contributed by atoms with van der Waals surface area (Å²) in [4.78, 5) is 21.6. The number of carbonyl (C=O) groups is 1. The number of hydrogen-bond acceptors (Lipinski definition) is 7. The standard InChI is InChI=1S/C23H22N4O3S/c1-17-4-2-5-18(14-17)29-16-22(28)26-9-11-27(12-10-26)23-20(15-24)25-21(30-23)8-7-19-6-3-13-31-19/h2-8,13-14H,9-12,16H2,1H3/b8-7+. The van der Waals surface area contributed by atoms with E-state index in [1.54, 1.807) is 22.3 Å². The lowest BCUT2D eigenvalue weighted by molar-refractivity contribution is -0.133. The van der Waals surface area contributed by atoms with Crippen LogP contribution in [0.2, 0.25) is 0 Å². The summed E-state index contributed by atoms with van der Waals surface area (Å²) in [5.74, 6) is 1.48. The van der Waals surface area contributed by atoms with Gasteiger partial charge in [0.15, 0.2) is 6.61 Å². The molecule has 0 unspecified atom stereocenters. The van der Waals surface area contributed by atoms with Crippen molar-refractivity contribution in [2.45, 2.75) is 6.92 Å². The van der Waals surface area contributed by atoms with E-state index in [0.29, 0.717) is 43.7 Å². The first-order chi connectivity index (χ1) is 15.1. The maximum atomic E-state index is 12.5. The highest BCUT2D eigenvalue weighted by Gasteiger charge is 2.26. The lowest BCUT2D eigenvalue weighted by atomic mass is 10.2. The van der Waals surface area contributed by atoms with Crippen LogP contribution in [-0.4, -0.2) is 48.6 Å². The third-order valence-electron chi connectivity index (χ3n) is 4.94. The topological polar surface area (TPSA) is 82.6 Å². The number of rotatable bonds is 6. The molecule has 0 spiro atoms. The SMILES string of the molecule is Cc1cccc(OCC(=O)N2CCN(c3oc(/C=C/c4cccs4)nc3C#N)CC2)c1. The second-order valence-electron chi connectivity index (χ2n) is 7.14. The van der Waals surface area contributed by atoms with E-state index in [1.165, 1.54) is 0 Å². The highest BCUT2D eigenvalue weighted by molar-refractivity contribution is 7.10. The van der Waals surface area contributed by atoms with Crippen molar-refractivity contribution in [2.75, 3.05) is 37.7 Å². The number of aromatic nitrogens is 1. The molecule has 3 heterocycles. The highest BCUT2D eigenvalue weighted by atomic mass is 32.1. The maximum absolute atomic E-state index is 12.5. The van der Waals surface area contributed by atoms with Crippen LogP contribution in [-0.2, 0) is 4.79 Å². The second kappa shape index (κ2) is 9.49. The van der Waals surface area contributed by atoms with Crippen LogP contribution in [0, 0.1) is 18.3 Å². The minimum absolute atomic E-state index is 0.00681. The summed E-state index contributed by atoms with van der Waals surface area (Å²) in [6.07, 6.45) is 3.67. The summed E-state index contributed by atoms with van der Waals surface area (Å²) in [6.45, 7) is 4.18. The first kappa shape index (κ1) is 20.7. The van der Waals surface area contributed by atoms with Gasteiger partial charge < -0.3 is 19.0 Å². The van der Waals surface area contributed by atoms with Gasteiger partial charge in [-0.05, 0) is 42.1 Å². The zero-order valence-corrected chi connectivity index (χ0v) is 18.0. The Morgan fingerprint density at radius 3 is 2.81 bits per heavy atom. The average Bonchev–Trinajstić information content (AvgIpc) is 3.46. The zero-order chi connectivity index (χ0) is 21.6. The Labute approximate surface area is 184 Å². The third-order valence-corrected chi connectivity index (χ3v) is 5.77. The number of thiophene rings is 1. The molecule has 158 valence electrons. The van der Waals surface area contributed by atoms with Crippen LogP contribution in [0.1, 0.15) is 22.0 Å². The van der Waals surface area contributed by atoms with Gasteiger partial charge in [0.05, 0.1) is 0 Å². The van der Waals surface area contributed by atoms with Crippen LogP contribution in [0.5, 0.6) is 5.75 Å². The molecule has 1 aromatic carbocycles. The van der Waals surface area contributed by atoms with E-state index in [-0.39, 0.29) is 18.2 Å². The number of amides is 1. The van der Waals surface area contributed by atoms with Gasteiger partial charge in [-0.25, -0.2) is 0 Å². The molecule has 0 N–H and O–H groups in total. The minimum Gasteiger partial charge on any atom is -0.484 e. The summed E-state index contributed by atoms with van der Waals surface area (Å²) < 4.78 is 11.5. The summed E-state index contributed by atoms with van der Waals surface area (Å²) in [5, 5.41) is 11.4. The van der Waals surface area contributed by atoms with Crippen molar-refractivity contribution in [3.63, 3.8) is 0 Å². The van der Waals surface area contributed by atoms with Crippen LogP contribution < -0.4 is 9.64 Å². The van der Waals surface area contributed by atoms with Crippen molar-refractivity contribution in [3.05, 3.63) is 63.8 Å². The lowest BCUT2D eigenvalue weighted by Crippen LogP contribution is -2.50. The molecule has 1 fully saturated rings. The molecule has 4 rings (SSSR count). The number of hydrogen-bond donors (Lipinski definition) is 0. The van der Waals surface area contributed by atoms with E-state index < -0.39 is 0 Å². The van der Waals surface area contributed by atoms with Crippen molar-refractivity contribution < 1.29 is 13.9 Å². The molecular weight excluding hydrogens is 412 g/mol. The normalized spacial score (nSPS) is 14.1. The molecule has 0 radical (unpaired) electrons. The fourth-order valence-electron chi connectivity index (χ4n) is 3.33. The first-order valence-corrected chi connectivity index (χ1v) is 10.8. The van der Waals surface area contributed by atoms with Crippen LogP contribution >= 0.6 is 11.3 Å². The number of nitriles is 1. The molecule has 0 atom stereocenters. The molecule has 0 saturated carbocycles. The van der Waals surface area contributed by atoms with Crippen LogP contribution in [0.4, 0.5) is 5.88 Å². The monoisotopic (exact) mass is 434 g/mol. The Hall–Kier alpha value is -3.57. The molecular formula is C23H22N4O3S. The quantitative estimate of drug-likeness (QED) is 0.587. The van der Waals surface area contributed by atoms with Gasteiger partial charge in [0.25, 0.3) is 5.91 Å². The third kappa shape index (κ3) is 5.13. The predicted molar refractivity (Wildman–Crippen MR) is 120 cm³/mol. The molecule has 1 aliphatic rings. The van der Waals surface area contributed by atoms with Gasteiger partial charge in [0.2, 0.25) is 17.5 Å². The maximum Gasteiger partial charge on any atom is 0.260 e. The fourth-order valence-corrected chi connectivity index (χ4v) is 3.94. The molecule has 2 aromatic heterocycles. The van der Waals surface area contributed by atoms with Crippen molar-refractivity contribution >= 4 is 35.3 Å².